The molecule has 2 aliphatic rings. The number of hydrogen-bond acceptors (Lipinski definition) is 4. The minimum atomic E-state index is -0.980. The van der Waals surface area contributed by atoms with Gasteiger partial charge in [-0.05, 0) is 54.1 Å². The summed E-state index contributed by atoms with van der Waals surface area (Å²) in [4.78, 5) is 33.7. The molecule has 0 spiro atoms. The van der Waals surface area contributed by atoms with Crippen LogP contribution in [0, 0.1) is 11.7 Å². The number of imide groups is 1. The number of para-hydroxylation sites is 1. The highest BCUT2D eigenvalue weighted by Gasteiger charge is 2.60. The minimum Gasteiger partial charge on any atom is -0.273 e. The maximum Gasteiger partial charge on any atom is 0.266 e. The first-order valence-electron chi connectivity index (χ1n) is 9.44. The third kappa shape index (κ3) is 2.96. The molecule has 3 aromatic rings. The molecule has 0 saturated carbocycles. The topological polar surface area (TPSA) is 49.9 Å². The van der Waals surface area contributed by atoms with Gasteiger partial charge in [0, 0.05) is 5.02 Å². The van der Waals surface area contributed by atoms with Gasteiger partial charge in [0.1, 0.15) is 11.7 Å². The lowest BCUT2D eigenvalue weighted by Gasteiger charge is -2.28. The fourth-order valence-corrected chi connectivity index (χ4v) is 4.29. The summed E-state index contributed by atoms with van der Waals surface area (Å²) in [5.74, 6) is -2.07. The average Bonchev–Trinajstić information content (AvgIpc) is 3.26. The molecule has 0 radical (unpaired) electrons. The summed E-state index contributed by atoms with van der Waals surface area (Å²) >= 11 is 6.21. The van der Waals surface area contributed by atoms with Gasteiger partial charge in [0.2, 0.25) is 5.91 Å². The molecule has 2 amide bonds. The second-order valence-electron chi connectivity index (χ2n) is 7.20. The summed E-state index contributed by atoms with van der Waals surface area (Å²) in [6.45, 7) is 0. The smallest absolute Gasteiger partial charge is 0.266 e. The molecule has 3 atom stereocenters. The number of nitrogens with zero attached hydrogens (tertiary/aromatic N) is 2. The molecule has 7 heteroatoms. The van der Waals surface area contributed by atoms with Crippen molar-refractivity contribution in [1.82, 2.24) is 0 Å². The highest BCUT2D eigenvalue weighted by Crippen LogP contribution is 2.47. The van der Waals surface area contributed by atoms with Crippen LogP contribution in [-0.2, 0) is 14.4 Å². The molecular formula is C23H16ClFN2O3. The minimum absolute atomic E-state index is 0.320. The molecule has 2 aliphatic heterocycles. The molecule has 0 bridgehead atoms. The number of halogens is 2. The van der Waals surface area contributed by atoms with Crippen LogP contribution in [0.4, 0.5) is 15.8 Å². The van der Waals surface area contributed by atoms with Crippen molar-refractivity contribution in [2.75, 3.05) is 9.96 Å². The van der Waals surface area contributed by atoms with Crippen LogP contribution in [0.3, 0.4) is 0 Å². The fraction of sp³-hybridized carbons (Fsp3) is 0.130. The van der Waals surface area contributed by atoms with Gasteiger partial charge in [-0.3, -0.25) is 14.4 Å². The summed E-state index contributed by atoms with van der Waals surface area (Å²) < 4.78 is 13.3. The largest absolute Gasteiger partial charge is 0.273 e. The lowest BCUT2D eigenvalue weighted by atomic mass is 9.90. The van der Waals surface area contributed by atoms with Gasteiger partial charge in [0.15, 0.2) is 6.10 Å². The van der Waals surface area contributed by atoms with Crippen LogP contribution in [0.25, 0.3) is 0 Å². The molecule has 3 unspecified atom stereocenters. The molecule has 2 fully saturated rings. The van der Waals surface area contributed by atoms with Gasteiger partial charge in [-0.25, -0.2) is 14.4 Å². The van der Waals surface area contributed by atoms with Gasteiger partial charge in [-0.1, -0.05) is 41.9 Å². The van der Waals surface area contributed by atoms with Crippen molar-refractivity contribution in [1.29, 1.82) is 0 Å². The van der Waals surface area contributed by atoms with E-state index in [-0.39, 0.29) is 5.91 Å². The Morgan fingerprint density at radius 2 is 1.57 bits per heavy atom. The second-order valence-corrected chi connectivity index (χ2v) is 7.64. The van der Waals surface area contributed by atoms with Gasteiger partial charge < -0.3 is 0 Å². The van der Waals surface area contributed by atoms with Crippen LogP contribution in [0.2, 0.25) is 5.02 Å². The molecule has 2 saturated heterocycles. The van der Waals surface area contributed by atoms with E-state index in [9.17, 15) is 14.0 Å². The predicted octanol–water partition coefficient (Wildman–Crippen LogP) is 4.53. The maximum absolute atomic E-state index is 13.4. The number of hydroxylamine groups is 1. The third-order valence-corrected chi connectivity index (χ3v) is 5.64. The Hall–Kier alpha value is -3.22. The van der Waals surface area contributed by atoms with E-state index < -0.39 is 29.8 Å². The molecule has 0 aliphatic carbocycles. The summed E-state index contributed by atoms with van der Waals surface area (Å²) in [7, 11) is 0. The molecule has 3 aromatic carbocycles. The van der Waals surface area contributed by atoms with E-state index in [1.165, 1.54) is 24.3 Å². The number of carbonyl (C=O) groups is 2. The number of carbonyl (C=O) groups excluding carboxylic acids is 2. The normalized spacial score (nSPS) is 23.2. The molecule has 150 valence electrons. The van der Waals surface area contributed by atoms with Crippen molar-refractivity contribution < 1.29 is 18.8 Å². The zero-order valence-electron chi connectivity index (χ0n) is 15.6. The van der Waals surface area contributed by atoms with Crippen LogP contribution < -0.4 is 9.96 Å². The van der Waals surface area contributed by atoms with Crippen molar-refractivity contribution in [3.63, 3.8) is 0 Å². The Labute approximate surface area is 177 Å². The summed E-state index contributed by atoms with van der Waals surface area (Å²) in [5.41, 5.74) is 1.81. The number of anilines is 2. The second kappa shape index (κ2) is 7.23. The zero-order chi connectivity index (χ0) is 20.8. The molecule has 30 heavy (non-hydrogen) atoms. The zero-order valence-corrected chi connectivity index (χ0v) is 16.4. The van der Waals surface area contributed by atoms with Crippen molar-refractivity contribution in [3.05, 3.63) is 95.3 Å². The van der Waals surface area contributed by atoms with Crippen molar-refractivity contribution in [2.45, 2.75) is 12.1 Å². The van der Waals surface area contributed by atoms with Crippen molar-refractivity contribution in [2.24, 2.45) is 5.92 Å². The number of hydrogen-bond donors (Lipinski definition) is 0. The molecule has 0 N–H and O–H groups in total. The molecule has 2 heterocycles. The average molecular weight is 423 g/mol. The lowest BCUT2D eigenvalue weighted by Crippen LogP contribution is -2.37. The molecule has 5 nitrogen and oxygen atoms in total. The van der Waals surface area contributed by atoms with Crippen LogP contribution in [-0.4, -0.2) is 17.9 Å². The van der Waals surface area contributed by atoms with Crippen molar-refractivity contribution >= 4 is 34.8 Å². The highest BCUT2D eigenvalue weighted by molar-refractivity contribution is 6.30. The first kappa shape index (κ1) is 18.8. The summed E-state index contributed by atoms with van der Waals surface area (Å²) in [6, 6.07) is 21.2. The Morgan fingerprint density at radius 3 is 2.27 bits per heavy atom. The number of rotatable bonds is 3. The standard InChI is InChI=1S/C23H16ClFN2O3/c24-15-6-4-5-14(13-15)20-19-21(30-27(20)18-7-2-1-3-8-18)23(29)26(22(19)28)17-11-9-16(25)10-12-17/h1-13,19-21H. The number of fused-ring (bicyclic) bond motifs is 1. The molecular weight excluding hydrogens is 407 g/mol. The summed E-state index contributed by atoms with van der Waals surface area (Å²) in [5, 5.41) is 2.13. The van der Waals surface area contributed by atoms with E-state index in [0.717, 1.165) is 16.2 Å². The number of amides is 2. The van der Waals surface area contributed by atoms with E-state index in [1.54, 1.807) is 23.3 Å². The van der Waals surface area contributed by atoms with Crippen LogP contribution >= 0.6 is 11.6 Å². The van der Waals surface area contributed by atoms with Gasteiger partial charge in [-0.15, -0.1) is 0 Å². The van der Waals surface area contributed by atoms with Gasteiger partial charge in [0.05, 0.1) is 17.4 Å². The molecule has 0 aromatic heterocycles. The fourth-order valence-electron chi connectivity index (χ4n) is 4.09. The highest BCUT2D eigenvalue weighted by atomic mass is 35.5. The molecule has 5 rings (SSSR count). The van der Waals surface area contributed by atoms with E-state index in [0.29, 0.717) is 10.7 Å². The monoisotopic (exact) mass is 422 g/mol. The van der Waals surface area contributed by atoms with Crippen molar-refractivity contribution in [3.8, 4) is 0 Å². The van der Waals surface area contributed by atoms with Crippen LogP contribution in [0.1, 0.15) is 11.6 Å². The predicted molar refractivity (Wildman–Crippen MR) is 110 cm³/mol. The van der Waals surface area contributed by atoms with Gasteiger partial charge in [0.25, 0.3) is 5.91 Å². The van der Waals surface area contributed by atoms with E-state index in [2.05, 4.69) is 0 Å². The van der Waals surface area contributed by atoms with E-state index >= 15 is 0 Å². The first-order valence-corrected chi connectivity index (χ1v) is 9.82. The Kier molecular flexibility index (Phi) is 4.53. The lowest BCUT2D eigenvalue weighted by molar-refractivity contribution is -0.126. The van der Waals surface area contributed by atoms with Crippen LogP contribution in [0.15, 0.2) is 78.9 Å². The SMILES string of the molecule is O=C1C2ON(c3ccccc3)C(c3cccc(Cl)c3)C2C(=O)N1c1ccc(F)cc1. The summed E-state index contributed by atoms with van der Waals surface area (Å²) in [6.07, 6.45) is -0.980. The van der Waals surface area contributed by atoms with Crippen LogP contribution in [0.5, 0.6) is 0 Å². The quantitative estimate of drug-likeness (QED) is 0.582. The Balaban J connectivity index is 1.59. The van der Waals surface area contributed by atoms with E-state index in [4.69, 9.17) is 16.4 Å². The van der Waals surface area contributed by atoms with E-state index in [1.807, 2.05) is 36.4 Å². The Morgan fingerprint density at radius 1 is 0.833 bits per heavy atom. The Bertz CT molecular complexity index is 1120. The van der Waals surface area contributed by atoms with Gasteiger partial charge >= 0.3 is 0 Å². The number of benzene rings is 3. The van der Waals surface area contributed by atoms with Gasteiger partial charge in [-0.2, -0.15) is 0 Å². The maximum atomic E-state index is 13.4. The third-order valence-electron chi connectivity index (χ3n) is 5.40. The first-order chi connectivity index (χ1) is 14.5.